The Morgan fingerprint density at radius 2 is 1.42 bits per heavy atom. The van der Waals surface area contributed by atoms with Crippen molar-refractivity contribution in [2.75, 3.05) is 24.4 Å². The van der Waals surface area contributed by atoms with Gasteiger partial charge in [0, 0.05) is 16.9 Å². The number of hydrogen-bond donors (Lipinski definition) is 1. The molecule has 0 radical (unpaired) electrons. The molecule has 182 valence electrons. The van der Waals surface area contributed by atoms with E-state index < -0.39 is 0 Å². The highest BCUT2D eigenvalue weighted by atomic mass is 16.5. The Bertz CT molecular complexity index is 1300. The number of carbonyl (C=O) groups is 2. The SMILES string of the molecule is COc1ccc(NC(=O)Cc2ccc(N(Cc3ccccc3)C(=O)c3cccc(OC)c3)cc2)cc1. The van der Waals surface area contributed by atoms with Crippen molar-refractivity contribution in [3.8, 4) is 11.5 Å². The van der Waals surface area contributed by atoms with Crippen LogP contribution in [0.1, 0.15) is 21.5 Å². The monoisotopic (exact) mass is 480 g/mol. The molecule has 6 nitrogen and oxygen atoms in total. The molecule has 0 atom stereocenters. The van der Waals surface area contributed by atoms with Crippen molar-refractivity contribution >= 4 is 23.2 Å². The standard InChI is InChI=1S/C30H28N2O4/c1-35-27-17-13-25(14-18-27)31-29(33)19-22-11-15-26(16-12-22)32(21-23-7-4-3-5-8-23)30(34)24-9-6-10-28(20-24)36-2/h3-18,20H,19,21H2,1-2H3,(H,31,33). The van der Waals surface area contributed by atoms with Crippen LogP contribution in [0.3, 0.4) is 0 Å². The number of carbonyl (C=O) groups excluding carboxylic acids is 2. The summed E-state index contributed by atoms with van der Waals surface area (Å²) < 4.78 is 10.4. The summed E-state index contributed by atoms with van der Waals surface area (Å²) in [7, 11) is 3.18. The second kappa shape index (κ2) is 11.7. The quantitative estimate of drug-likeness (QED) is 0.332. The molecule has 6 heteroatoms. The molecule has 0 bridgehead atoms. The van der Waals surface area contributed by atoms with Gasteiger partial charge in [-0.05, 0) is 65.7 Å². The van der Waals surface area contributed by atoms with Crippen LogP contribution in [0.2, 0.25) is 0 Å². The zero-order chi connectivity index (χ0) is 25.3. The van der Waals surface area contributed by atoms with Gasteiger partial charge in [-0.2, -0.15) is 0 Å². The number of anilines is 2. The van der Waals surface area contributed by atoms with Crippen LogP contribution in [0, 0.1) is 0 Å². The third kappa shape index (κ3) is 6.30. The largest absolute Gasteiger partial charge is 0.497 e. The Morgan fingerprint density at radius 1 is 0.722 bits per heavy atom. The molecule has 0 aliphatic carbocycles. The Morgan fingerprint density at radius 3 is 2.08 bits per heavy atom. The van der Waals surface area contributed by atoms with Crippen LogP contribution in [-0.4, -0.2) is 26.0 Å². The summed E-state index contributed by atoms with van der Waals surface area (Å²) in [5, 5.41) is 2.89. The number of hydrogen-bond acceptors (Lipinski definition) is 4. The van der Waals surface area contributed by atoms with Crippen molar-refractivity contribution in [1.82, 2.24) is 0 Å². The van der Waals surface area contributed by atoms with Crippen LogP contribution >= 0.6 is 0 Å². The number of amides is 2. The van der Waals surface area contributed by atoms with E-state index >= 15 is 0 Å². The molecule has 0 saturated carbocycles. The molecule has 36 heavy (non-hydrogen) atoms. The van der Waals surface area contributed by atoms with E-state index in [2.05, 4.69) is 5.32 Å². The highest BCUT2D eigenvalue weighted by Gasteiger charge is 2.19. The van der Waals surface area contributed by atoms with Crippen molar-refractivity contribution in [3.05, 3.63) is 120 Å². The third-order valence-electron chi connectivity index (χ3n) is 5.73. The first-order valence-corrected chi connectivity index (χ1v) is 11.6. The molecule has 0 saturated heterocycles. The molecule has 0 fully saturated rings. The van der Waals surface area contributed by atoms with Gasteiger partial charge in [0.05, 0.1) is 27.2 Å². The number of benzene rings is 4. The van der Waals surface area contributed by atoms with E-state index in [1.165, 1.54) is 0 Å². The normalized spacial score (nSPS) is 10.4. The van der Waals surface area contributed by atoms with Gasteiger partial charge in [-0.15, -0.1) is 0 Å². The molecule has 0 unspecified atom stereocenters. The summed E-state index contributed by atoms with van der Waals surface area (Å²) in [6.07, 6.45) is 0.217. The van der Waals surface area contributed by atoms with E-state index in [0.717, 1.165) is 22.6 Å². The van der Waals surface area contributed by atoms with Crippen molar-refractivity contribution in [2.24, 2.45) is 0 Å². The van der Waals surface area contributed by atoms with Crippen molar-refractivity contribution < 1.29 is 19.1 Å². The van der Waals surface area contributed by atoms with Crippen molar-refractivity contribution in [1.29, 1.82) is 0 Å². The fraction of sp³-hybridized carbons (Fsp3) is 0.133. The molecule has 4 aromatic carbocycles. The van der Waals surface area contributed by atoms with Gasteiger partial charge in [-0.1, -0.05) is 48.5 Å². The molecule has 2 amide bonds. The average Bonchev–Trinajstić information content (AvgIpc) is 2.93. The molecule has 0 aliphatic heterocycles. The van der Waals surface area contributed by atoms with E-state index in [9.17, 15) is 9.59 Å². The summed E-state index contributed by atoms with van der Waals surface area (Å²) in [4.78, 5) is 27.8. The van der Waals surface area contributed by atoms with E-state index in [1.54, 1.807) is 61.6 Å². The van der Waals surface area contributed by atoms with E-state index in [4.69, 9.17) is 9.47 Å². The van der Waals surface area contributed by atoms with Gasteiger partial charge in [-0.3, -0.25) is 9.59 Å². The molecule has 0 spiro atoms. The first-order chi connectivity index (χ1) is 17.6. The minimum Gasteiger partial charge on any atom is -0.497 e. The third-order valence-corrected chi connectivity index (χ3v) is 5.73. The Balaban J connectivity index is 1.51. The average molecular weight is 481 g/mol. The second-order valence-corrected chi connectivity index (χ2v) is 8.23. The lowest BCUT2D eigenvalue weighted by Crippen LogP contribution is -2.30. The fourth-order valence-electron chi connectivity index (χ4n) is 3.82. The zero-order valence-corrected chi connectivity index (χ0v) is 20.3. The summed E-state index contributed by atoms with van der Waals surface area (Å²) in [6, 6.07) is 31.6. The van der Waals surface area contributed by atoms with Crippen LogP contribution in [0.4, 0.5) is 11.4 Å². The maximum absolute atomic E-state index is 13.5. The lowest BCUT2D eigenvalue weighted by Gasteiger charge is -2.24. The molecule has 1 N–H and O–H groups in total. The Kier molecular flexibility index (Phi) is 7.98. The number of nitrogens with zero attached hydrogens (tertiary/aromatic N) is 1. The van der Waals surface area contributed by atoms with Gasteiger partial charge in [0.15, 0.2) is 0 Å². The highest BCUT2D eigenvalue weighted by molar-refractivity contribution is 6.06. The highest BCUT2D eigenvalue weighted by Crippen LogP contribution is 2.23. The van der Waals surface area contributed by atoms with Gasteiger partial charge in [-0.25, -0.2) is 0 Å². The van der Waals surface area contributed by atoms with Gasteiger partial charge in [0.1, 0.15) is 11.5 Å². The number of rotatable bonds is 9. The van der Waals surface area contributed by atoms with Crippen molar-refractivity contribution in [3.63, 3.8) is 0 Å². The Hall–Kier alpha value is -4.58. The van der Waals surface area contributed by atoms with Gasteiger partial charge in [0.2, 0.25) is 5.91 Å². The van der Waals surface area contributed by atoms with Gasteiger partial charge < -0.3 is 19.7 Å². The van der Waals surface area contributed by atoms with Gasteiger partial charge in [0.25, 0.3) is 5.91 Å². The molecule has 4 aromatic rings. The van der Waals surface area contributed by atoms with E-state index in [1.807, 2.05) is 60.7 Å². The zero-order valence-electron chi connectivity index (χ0n) is 20.3. The first-order valence-electron chi connectivity index (χ1n) is 11.6. The second-order valence-electron chi connectivity index (χ2n) is 8.23. The maximum Gasteiger partial charge on any atom is 0.258 e. The number of nitrogens with one attached hydrogen (secondary N) is 1. The molecule has 0 aliphatic rings. The van der Waals surface area contributed by atoms with Crippen LogP contribution in [0.15, 0.2) is 103 Å². The number of methoxy groups -OCH3 is 2. The fourth-order valence-corrected chi connectivity index (χ4v) is 3.82. The summed E-state index contributed by atoms with van der Waals surface area (Å²) in [5.74, 6) is 1.09. The predicted octanol–water partition coefficient (Wildman–Crippen LogP) is 5.73. The summed E-state index contributed by atoms with van der Waals surface area (Å²) in [5.41, 5.74) is 3.84. The minimum absolute atomic E-state index is 0.124. The summed E-state index contributed by atoms with van der Waals surface area (Å²) in [6.45, 7) is 0.411. The van der Waals surface area contributed by atoms with E-state index in [-0.39, 0.29) is 18.2 Å². The Labute approximate surface area is 211 Å². The van der Waals surface area contributed by atoms with Crippen molar-refractivity contribution in [2.45, 2.75) is 13.0 Å². The topological polar surface area (TPSA) is 67.9 Å². The molecule has 0 aromatic heterocycles. The maximum atomic E-state index is 13.5. The number of ether oxygens (including phenoxy) is 2. The summed E-state index contributed by atoms with van der Waals surface area (Å²) >= 11 is 0. The predicted molar refractivity (Wildman–Crippen MR) is 142 cm³/mol. The van der Waals surface area contributed by atoms with Crippen LogP contribution in [0.5, 0.6) is 11.5 Å². The molecular weight excluding hydrogens is 452 g/mol. The minimum atomic E-state index is -0.136. The lowest BCUT2D eigenvalue weighted by atomic mass is 10.1. The van der Waals surface area contributed by atoms with Crippen LogP contribution in [0.25, 0.3) is 0 Å². The molecule has 4 rings (SSSR count). The van der Waals surface area contributed by atoms with Crippen LogP contribution in [-0.2, 0) is 17.8 Å². The lowest BCUT2D eigenvalue weighted by molar-refractivity contribution is -0.115. The smallest absolute Gasteiger partial charge is 0.258 e. The molecule has 0 heterocycles. The van der Waals surface area contributed by atoms with Crippen LogP contribution < -0.4 is 19.7 Å². The van der Waals surface area contributed by atoms with E-state index in [0.29, 0.717) is 23.5 Å². The van der Waals surface area contributed by atoms with Gasteiger partial charge >= 0.3 is 0 Å². The molecular formula is C30H28N2O4. The first kappa shape index (κ1) is 24.5.